The molecule has 0 aliphatic heterocycles. The fraction of sp³-hybridized carbons (Fsp3) is 0.545. The average Bonchev–Trinajstić information content (AvgIpc) is 3.37. The van der Waals surface area contributed by atoms with Crippen molar-refractivity contribution >= 4 is 40.4 Å². The number of hydrogen-bond acceptors (Lipinski definition) is 7. The van der Waals surface area contributed by atoms with Crippen molar-refractivity contribution in [3.8, 4) is 0 Å². The number of nitrogens with zero attached hydrogens (tertiary/aromatic N) is 2. The minimum absolute atomic E-state index is 0.0457. The van der Waals surface area contributed by atoms with Gasteiger partial charge < -0.3 is 9.50 Å². The van der Waals surface area contributed by atoms with Crippen LogP contribution in [0.3, 0.4) is 0 Å². The van der Waals surface area contributed by atoms with Crippen LogP contribution in [0.15, 0.2) is 34.9 Å². The second-order valence-corrected chi connectivity index (χ2v) is 10.6. The van der Waals surface area contributed by atoms with Crippen LogP contribution in [0, 0.1) is 11.3 Å². The van der Waals surface area contributed by atoms with Crippen LogP contribution in [0.25, 0.3) is 0 Å². The average molecular weight is 448 g/mol. The highest BCUT2D eigenvalue weighted by atomic mass is 32.2. The third-order valence-electron chi connectivity index (χ3n) is 5.08. The van der Waals surface area contributed by atoms with Gasteiger partial charge in [0.15, 0.2) is 5.13 Å². The molecule has 1 aliphatic carbocycles. The van der Waals surface area contributed by atoms with E-state index in [-0.39, 0.29) is 23.2 Å². The van der Waals surface area contributed by atoms with Crippen LogP contribution in [-0.4, -0.2) is 21.8 Å². The highest BCUT2D eigenvalue weighted by Gasteiger charge is 2.27. The van der Waals surface area contributed by atoms with E-state index in [1.54, 1.807) is 12.4 Å². The molecule has 2 heterocycles. The molecule has 0 spiro atoms. The number of thiazole rings is 1. The molecule has 1 N–H and O–H groups in total. The van der Waals surface area contributed by atoms with Gasteiger partial charge in [-0.05, 0) is 29.4 Å². The highest BCUT2D eigenvalue weighted by molar-refractivity contribution is 7.95. The van der Waals surface area contributed by atoms with Crippen LogP contribution in [0.5, 0.6) is 0 Å². The summed E-state index contributed by atoms with van der Waals surface area (Å²) in [7, 11) is 0. The fourth-order valence-electron chi connectivity index (χ4n) is 3.65. The van der Waals surface area contributed by atoms with Crippen molar-refractivity contribution in [1.29, 1.82) is 0 Å². The Kier molecular flexibility index (Phi) is 7.88. The number of nitrogens with one attached hydrogen (secondary N) is 1. The van der Waals surface area contributed by atoms with Gasteiger partial charge in [0.1, 0.15) is 17.1 Å². The zero-order chi connectivity index (χ0) is 21.6. The predicted octanol–water partition coefficient (Wildman–Crippen LogP) is 5.83. The van der Waals surface area contributed by atoms with E-state index >= 15 is 0 Å². The normalized spacial score (nSPS) is 15.7. The van der Waals surface area contributed by atoms with Crippen LogP contribution in [0.4, 0.5) is 5.13 Å². The first kappa shape index (κ1) is 22.7. The lowest BCUT2D eigenvalue weighted by Gasteiger charge is -2.20. The maximum atomic E-state index is 13.0. The minimum atomic E-state index is -0.271. The molecule has 3 rings (SSSR count). The summed E-state index contributed by atoms with van der Waals surface area (Å²) >= 11 is 2.38. The third-order valence-corrected chi connectivity index (χ3v) is 6.45. The van der Waals surface area contributed by atoms with E-state index in [1.165, 1.54) is 37.0 Å². The molecular weight excluding hydrogens is 418 g/mol. The number of pyridine rings is 1. The molecule has 1 amide bonds. The first-order chi connectivity index (χ1) is 14.3. The first-order valence-corrected chi connectivity index (χ1v) is 12.0. The van der Waals surface area contributed by atoms with Crippen molar-refractivity contribution in [3.63, 3.8) is 0 Å². The van der Waals surface area contributed by atoms with Crippen molar-refractivity contribution in [2.45, 2.75) is 70.2 Å². The van der Waals surface area contributed by atoms with Gasteiger partial charge in [0.25, 0.3) is 0 Å². The SMILES string of the molecule is CC(C)(C)CC(=O)OSc1ccc(C(CC2CCCC2)C(=O)Nc2nccs2)cn1. The second-order valence-electron chi connectivity index (χ2n) is 8.97. The van der Waals surface area contributed by atoms with Crippen molar-refractivity contribution in [1.82, 2.24) is 9.97 Å². The summed E-state index contributed by atoms with van der Waals surface area (Å²) in [6.07, 6.45) is 9.38. The largest absolute Gasteiger partial charge is 0.384 e. The molecule has 0 radical (unpaired) electrons. The summed E-state index contributed by atoms with van der Waals surface area (Å²) in [6, 6.07) is 3.72. The van der Waals surface area contributed by atoms with E-state index in [9.17, 15) is 9.59 Å². The van der Waals surface area contributed by atoms with E-state index in [2.05, 4.69) is 15.3 Å². The van der Waals surface area contributed by atoms with E-state index < -0.39 is 0 Å². The van der Waals surface area contributed by atoms with Crippen LogP contribution in [0.1, 0.15) is 70.8 Å². The third kappa shape index (κ3) is 7.09. The second kappa shape index (κ2) is 10.4. The maximum Gasteiger partial charge on any atom is 0.318 e. The molecule has 1 atom stereocenters. The van der Waals surface area contributed by atoms with E-state index in [0.717, 1.165) is 24.0 Å². The molecule has 0 aromatic carbocycles. The summed E-state index contributed by atoms with van der Waals surface area (Å²) in [5, 5.41) is 5.99. The van der Waals surface area contributed by atoms with Crippen molar-refractivity contribution in [3.05, 3.63) is 35.5 Å². The number of carbonyl (C=O) groups is 2. The molecule has 0 saturated heterocycles. The van der Waals surface area contributed by atoms with Gasteiger partial charge in [0, 0.05) is 17.8 Å². The standard InChI is InChI=1S/C22H29N3O3S2/c1-22(2,3)13-19(26)28-30-18-9-8-16(14-24-18)17(12-15-6-4-5-7-15)20(27)25-21-23-10-11-29-21/h8-11,14-15,17H,4-7,12-13H2,1-3H3,(H,23,25,27). The molecule has 2 aromatic rings. The Morgan fingerprint density at radius 3 is 2.63 bits per heavy atom. The van der Waals surface area contributed by atoms with Gasteiger partial charge in [-0.3, -0.25) is 9.59 Å². The molecule has 1 fully saturated rings. The van der Waals surface area contributed by atoms with E-state index in [0.29, 0.717) is 22.5 Å². The van der Waals surface area contributed by atoms with Gasteiger partial charge in [0.2, 0.25) is 5.91 Å². The number of aromatic nitrogens is 2. The topological polar surface area (TPSA) is 81.2 Å². The molecule has 1 saturated carbocycles. The van der Waals surface area contributed by atoms with Crippen molar-refractivity contribution in [2.24, 2.45) is 11.3 Å². The van der Waals surface area contributed by atoms with Gasteiger partial charge in [-0.25, -0.2) is 9.97 Å². The maximum absolute atomic E-state index is 13.0. The Labute approximate surface area is 186 Å². The Bertz CT molecular complexity index is 826. The number of carbonyl (C=O) groups excluding carboxylic acids is 2. The monoisotopic (exact) mass is 447 g/mol. The van der Waals surface area contributed by atoms with Gasteiger partial charge in [-0.2, -0.15) is 0 Å². The molecule has 0 bridgehead atoms. The van der Waals surface area contributed by atoms with Crippen molar-refractivity contribution in [2.75, 3.05) is 5.32 Å². The lowest BCUT2D eigenvalue weighted by atomic mass is 9.88. The Balaban J connectivity index is 1.65. The highest BCUT2D eigenvalue weighted by Crippen LogP contribution is 2.35. The number of hydrogen-bond donors (Lipinski definition) is 1. The number of rotatable bonds is 8. The molecule has 1 unspecified atom stereocenters. The number of amides is 1. The molecule has 2 aromatic heterocycles. The van der Waals surface area contributed by atoms with Crippen LogP contribution in [-0.2, 0) is 13.8 Å². The fourth-order valence-corrected chi connectivity index (χ4v) is 4.64. The smallest absolute Gasteiger partial charge is 0.318 e. The summed E-state index contributed by atoms with van der Waals surface area (Å²) in [5.41, 5.74) is 0.758. The molecule has 6 nitrogen and oxygen atoms in total. The Morgan fingerprint density at radius 2 is 2.03 bits per heavy atom. The zero-order valence-electron chi connectivity index (χ0n) is 17.7. The van der Waals surface area contributed by atoms with E-state index in [4.69, 9.17) is 4.18 Å². The van der Waals surface area contributed by atoms with Gasteiger partial charge in [-0.1, -0.05) is 52.5 Å². The van der Waals surface area contributed by atoms with Crippen LogP contribution >= 0.6 is 23.4 Å². The lowest BCUT2D eigenvalue weighted by Crippen LogP contribution is -2.23. The van der Waals surface area contributed by atoms with E-state index in [1.807, 2.05) is 38.3 Å². The molecule has 162 valence electrons. The zero-order valence-corrected chi connectivity index (χ0v) is 19.4. The molecular formula is C22H29N3O3S2. The number of anilines is 1. The predicted molar refractivity (Wildman–Crippen MR) is 120 cm³/mol. The van der Waals surface area contributed by atoms with Gasteiger partial charge in [-0.15, -0.1) is 11.3 Å². The van der Waals surface area contributed by atoms with Crippen molar-refractivity contribution < 1.29 is 13.8 Å². The quantitative estimate of drug-likeness (QED) is 0.513. The summed E-state index contributed by atoms with van der Waals surface area (Å²) in [5.74, 6) is -0.0209. The summed E-state index contributed by atoms with van der Waals surface area (Å²) < 4.78 is 5.26. The van der Waals surface area contributed by atoms with Crippen LogP contribution < -0.4 is 5.32 Å². The summed E-state index contributed by atoms with van der Waals surface area (Å²) in [4.78, 5) is 33.5. The first-order valence-electron chi connectivity index (χ1n) is 10.3. The van der Waals surface area contributed by atoms with Crippen LogP contribution in [0.2, 0.25) is 0 Å². The molecule has 30 heavy (non-hydrogen) atoms. The minimum Gasteiger partial charge on any atom is -0.384 e. The molecule has 1 aliphatic rings. The van der Waals surface area contributed by atoms with Gasteiger partial charge in [0.05, 0.1) is 12.3 Å². The molecule has 8 heteroatoms. The lowest BCUT2D eigenvalue weighted by molar-refractivity contribution is -0.135. The Morgan fingerprint density at radius 1 is 1.27 bits per heavy atom. The van der Waals surface area contributed by atoms with Gasteiger partial charge >= 0.3 is 5.97 Å². The Hall–Kier alpha value is -1.93. The summed E-state index contributed by atoms with van der Waals surface area (Å²) in [6.45, 7) is 5.98.